The molecule has 0 bridgehead atoms. The molecule has 5 heteroatoms. The van der Waals surface area contributed by atoms with Crippen molar-refractivity contribution in [2.75, 3.05) is 32.8 Å². The number of ether oxygens (including phenoxy) is 1. The van der Waals surface area contributed by atoms with E-state index in [1.54, 1.807) is 11.3 Å². The SMILES string of the molecule is NCC(c1ccsc1)N1CCOC(CO)C1. The summed E-state index contributed by atoms with van der Waals surface area (Å²) in [6, 6.07) is 2.37. The third-order valence-electron chi connectivity index (χ3n) is 2.97. The van der Waals surface area contributed by atoms with Crippen LogP contribution in [-0.4, -0.2) is 49.0 Å². The summed E-state index contributed by atoms with van der Waals surface area (Å²) in [5, 5.41) is 13.3. The Balaban J connectivity index is 2.03. The van der Waals surface area contributed by atoms with Gasteiger partial charge in [0, 0.05) is 25.7 Å². The molecular formula is C11H18N2O2S. The summed E-state index contributed by atoms with van der Waals surface area (Å²) in [4.78, 5) is 2.30. The third kappa shape index (κ3) is 2.61. The first kappa shape index (κ1) is 12.0. The number of hydrogen-bond donors (Lipinski definition) is 2. The van der Waals surface area contributed by atoms with Crippen molar-refractivity contribution in [3.05, 3.63) is 22.4 Å². The molecule has 1 aromatic rings. The van der Waals surface area contributed by atoms with E-state index in [-0.39, 0.29) is 18.8 Å². The van der Waals surface area contributed by atoms with E-state index in [4.69, 9.17) is 15.6 Å². The maximum atomic E-state index is 9.11. The second-order valence-corrected chi connectivity index (χ2v) is 4.76. The minimum absolute atomic E-state index is 0.0681. The zero-order valence-corrected chi connectivity index (χ0v) is 10.0. The molecule has 0 aliphatic carbocycles. The topological polar surface area (TPSA) is 58.7 Å². The molecule has 90 valence electrons. The van der Waals surface area contributed by atoms with Gasteiger partial charge >= 0.3 is 0 Å². The average molecular weight is 242 g/mol. The Hall–Kier alpha value is -0.460. The molecule has 1 aliphatic heterocycles. The lowest BCUT2D eigenvalue weighted by molar-refractivity contribution is -0.0642. The lowest BCUT2D eigenvalue weighted by Gasteiger charge is -2.37. The van der Waals surface area contributed by atoms with E-state index in [0.717, 1.165) is 13.1 Å². The maximum Gasteiger partial charge on any atom is 0.0933 e. The normalized spacial score (nSPS) is 24.5. The highest BCUT2D eigenvalue weighted by molar-refractivity contribution is 7.07. The molecule has 0 amide bonds. The molecule has 2 atom stereocenters. The predicted octanol–water partition coefficient (Wildman–Crippen LogP) is 0.441. The second kappa shape index (κ2) is 5.75. The van der Waals surface area contributed by atoms with Crippen molar-refractivity contribution in [1.29, 1.82) is 0 Å². The van der Waals surface area contributed by atoms with E-state index in [0.29, 0.717) is 13.2 Å². The summed E-state index contributed by atoms with van der Waals surface area (Å²) >= 11 is 1.69. The zero-order valence-electron chi connectivity index (χ0n) is 9.21. The monoisotopic (exact) mass is 242 g/mol. The molecule has 1 aromatic heterocycles. The first-order valence-electron chi connectivity index (χ1n) is 5.54. The van der Waals surface area contributed by atoms with Gasteiger partial charge in [-0.25, -0.2) is 0 Å². The molecule has 0 aromatic carbocycles. The maximum absolute atomic E-state index is 9.11. The van der Waals surface area contributed by atoms with Crippen LogP contribution in [0.15, 0.2) is 16.8 Å². The molecule has 2 rings (SSSR count). The van der Waals surface area contributed by atoms with E-state index in [1.807, 2.05) is 0 Å². The van der Waals surface area contributed by atoms with Gasteiger partial charge in [-0.2, -0.15) is 11.3 Å². The number of nitrogens with zero attached hydrogens (tertiary/aromatic N) is 1. The Labute approximate surface area is 99.6 Å². The van der Waals surface area contributed by atoms with Gasteiger partial charge in [0.15, 0.2) is 0 Å². The summed E-state index contributed by atoms with van der Waals surface area (Å²) < 4.78 is 5.44. The van der Waals surface area contributed by atoms with Gasteiger partial charge in [0.1, 0.15) is 0 Å². The Kier molecular flexibility index (Phi) is 4.31. The molecule has 0 spiro atoms. The highest BCUT2D eigenvalue weighted by atomic mass is 32.1. The van der Waals surface area contributed by atoms with Gasteiger partial charge in [-0.15, -0.1) is 0 Å². The number of rotatable bonds is 4. The molecule has 16 heavy (non-hydrogen) atoms. The highest BCUT2D eigenvalue weighted by Crippen LogP contribution is 2.23. The van der Waals surface area contributed by atoms with E-state index < -0.39 is 0 Å². The van der Waals surface area contributed by atoms with Crippen LogP contribution in [0.2, 0.25) is 0 Å². The van der Waals surface area contributed by atoms with E-state index in [9.17, 15) is 0 Å². The van der Waals surface area contributed by atoms with Crippen LogP contribution in [-0.2, 0) is 4.74 Å². The van der Waals surface area contributed by atoms with Crippen LogP contribution in [0.4, 0.5) is 0 Å². The van der Waals surface area contributed by atoms with Crippen LogP contribution in [0.25, 0.3) is 0 Å². The smallest absolute Gasteiger partial charge is 0.0933 e. The number of nitrogens with two attached hydrogens (primary N) is 1. The van der Waals surface area contributed by atoms with Crippen LogP contribution >= 0.6 is 11.3 Å². The molecule has 4 nitrogen and oxygen atoms in total. The Morgan fingerprint density at radius 1 is 1.69 bits per heavy atom. The van der Waals surface area contributed by atoms with Crippen LogP contribution in [0.3, 0.4) is 0 Å². The molecular weight excluding hydrogens is 224 g/mol. The lowest BCUT2D eigenvalue weighted by Crippen LogP contribution is -2.47. The summed E-state index contributed by atoms with van der Waals surface area (Å²) in [6.45, 7) is 3.00. The van der Waals surface area contributed by atoms with Gasteiger partial charge in [-0.1, -0.05) is 0 Å². The lowest BCUT2D eigenvalue weighted by atomic mass is 10.1. The fraction of sp³-hybridized carbons (Fsp3) is 0.636. The molecule has 2 unspecified atom stereocenters. The predicted molar refractivity (Wildman–Crippen MR) is 64.5 cm³/mol. The quantitative estimate of drug-likeness (QED) is 0.804. The summed E-state index contributed by atoms with van der Waals surface area (Å²) in [5.74, 6) is 0. The van der Waals surface area contributed by atoms with Gasteiger partial charge in [-0.05, 0) is 22.4 Å². The molecule has 1 aliphatic rings. The highest BCUT2D eigenvalue weighted by Gasteiger charge is 2.26. The standard InChI is InChI=1S/C11H18N2O2S/c12-5-11(9-1-4-16-8-9)13-2-3-15-10(6-13)7-14/h1,4,8,10-11,14H,2-3,5-7,12H2. The van der Waals surface area contributed by atoms with Crippen molar-refractivity contribution in [2.24, 2.45) is 5.73 Å². The van der Waals surface area contributed by atoms with Crippen LogP contribution in [0.5, 0.6) is 0 Å². The van der Waals surface area contributed by atoms with Gasteiger partial charge in [0.2, 0.25) is 0 Å². The summed E-state index contributed by atoms with van der Waals surface area (Å²) in [6.07, 6.45) is -0.0681. The minimum Gasteiger partial charge on any atom is -0.394 e. The van der Waals surface area contributed by atoms with Crippen molar-refractivity contribution < 1.29 is 9.84 Å². The van der Waals surface area contributed by atoms with Gasteiger partial charge in [0.05, 0.1) is 19.3 Å². The number of aliphatic hydroxyl groups is 1. The fourth-order valence-electron chi connectivity index (χ4n) is 2.10. The summed E-state index contributed by atoms with van der Waals surface area (Å²) in [5.41, 5.74) is 7.11. The zero-order chi connectivity index (χ0) is 11.4. The first-order valence-corrected chi connectivity index (χ1v) is 6.48. The van der Waals surface area contributed by atoms with E-state index >= 15 is 0 Å². The number of thiophene rings is 1. The van der Waals surface area contributed by atoms with Crippen molar-refractivity contribution in [3.63, 3.8) is 0 Å². The van der Waals surface area contributed by atoms with Crippen LogP contribution in [0.1, 0.15) is 11.6 Å². The first-order chi connectivity index (χ1) is 7.85. The van der Waals surface area contributed by atoms with Crippen molar-refractivity contribution in [1.82, 2.24) is 4.90 Å². The number of morpholine rings is 1. The molecule has 1 saturated heterocycles. The minimum atomic E-state index is -0.0681. The Morgan fingerprint density at radius 2 is 2.56 bits per heavy atom. The van der Waals surface area contributed by atoms with Crippen molar-refractivity contribution >= 4 is 11.3 Å². The van der Waals surface area contributed by atoms with Crippen molar-refractivity contribution in [2.45, 2.75) is 12.1 Å². The fourth-order valence-corrected chi connectivity index (χ4v) is 2.80. The van der Waals surface area contributed by atoms with Gasteiger partial charge < -0.3 is 15.6 Å². The van der Waals surface area contributed by atoms with Gasteiger partial charge in [0.25, 0.3) is 0 Å². The van der Waals surface area contributed by atoms with Crippen LogP contribution < -0.4 is 5.73 Å². The largest absolute Gasteiger partial charge is 0.394 e. The Bertz CT molecular complexity index is 305. The second-order valence-electron chi connectivity index (χ2n) is 3.98. The summed E-state index contributed by atoms with van der Waals surface area (Å²) in [7, 11) is 0. The average Bonchev–Trinajstić information content (AvgIpc) is 2.84. The third-order valence-corrected chi connectivity index (χ3v) is 3.67. The van der Waals surface area contributed by atoms with Gasteiger partial charge in [-0.3, -0.25) is 4.90 Å². The number of aliphatic hydroxyl groups excluding tert-OH is 1. The van der Waals surface area contributed by atoms with E-state index in [2.05, 4.69) is 21.7 Å². The van der Waals surface area contributed by atoms with Crippen molar-refractivity contribution in [3.8, 4) is 0 Å². The number of hydrogen-bond acceptors (Lipinski definition) is 5. The van der Waals surface area contributed by atoms with E-state index in [1.165, 1.54) is 5.56 Å². The Morgan fingerprint density at radius 3 is 3.19 bits per heavy atom. The molecule has 3 N–H and O–H groups in total. The molecule has 1 fully saturated rings. The molecule has 2 heterocycles. The molecule has 0 radical (unpaired) electrons. The molecule has 0 saturated carbocycles. The van der Waals surface area contributed by atoms with Crippen LogP contribution in [0, 0.1) is 0 Å².